The van der Waals surface area contributed by atoms with Gasteiger partial charge >= 0.3 is 0 Å². The van der Waals surface area contributed by atoms with Crippen molar-refractivity contribution >= 4 is 23.0 Å². The molecule has 1 aromatic carbocycles. The summed E-state index contributed by atoms with van der Waals surface area (Å²) in [6.45, 7) is 2.35. The van der Waals surface area contributed by atoms with Crippen molar-refractivity contribution in [2.24, 2.45) is 0 Å². The average molecular weight is 455 g/mol. The zero-order chi connectivity index (χ0) is 22.7. The van der Waals surface area contributed by atoms with E-state index >= 15 is 0 Å². The molecule has 0 radical (unpaired) electrons. The van der Waals surface area contributed by atoms with Gasteiger partial charge in [-0.25, -0.2) is 9.67 Å². The molecule has 1 aliphatic heterocycles. The quantitative estimate of drug-likeness (QED) is 0.541. The molecule has 4 rings (SSSR count). The van der Waals surface area contributed by atoms with Gasteiger partial charge in [-0.1, -0.05) is 19.1 Å². The summed E-state index contributed by atoms with van der Waals surface area (Å²) in [7, 11) is 0. The smallest absolute Gasteiger partial charge is 0.255 e. The zero-order valence-electron chi connectivity index (χ0n) is 17.7. The highest BCUT2D eigenvalue weighted by atomic mass is 32.1. The van der Waals surface area contributed by atoms with Crippen LogP contribution in [0.15, 0.2) is 54.3 Å². The largest absolute Gasteiger partial charge is 0.382 e. The molecule has 1 amide bonds. The molecule has 3 heterocycles. The summed E-state index contributed by atoms with van der Waals surface area (Å²) in [5.41, 5.74) is 1.82. The predicted molar refractivity (Wildman–Crippen MR) is 119 cm³/mol. The number of aliphatic hydroxyl groups is 2. The first-order valence-electron chi connectivity index (χ1n) is 10.6. The molecule has 0 aliphatic carbocycles. The van der Waals surface area contributed by atoms with Crippen molar-refractivity contribution < 1.29 is 19.8 Å². The Bertz CT molecular complexity index is 1040. The Kier molecular flexibility index (Phi) is 6.78. The standard InChI is InChI=1S/C23H26N4O4S/c1-15(16-5-7-17(8-6-16)27-12-3-9-25-27)14-19(28)20(29)21(30)23(31)26-11-2-4-18(26)22-24-10-13-32-22/h3,5-10,12-13,15,18,20-21,29-30H,2,4,11,14H2,1H3/t15-,18?,20-,21+/m0/s1. The Morgan fingerprint density at radius 1 is 1.19 bits per heavy atom. The van der Waals surface area contributed by atoms with Crippen molar-refractivity contribution in [2.75, 3.05) is 6.54 Å². The zero-order valence-corrected chi connectivity index (χ0v) is 18.6. The van der Waals surface area contributed by atoms with Gasteiger partial charge < -0.3 is 15.1 Å². The molecule has 2 N–H and O–H groups in total. The monoisotopic (exact) mass is 454 g/mol. The van der Waals surface area contributed by atoms with Crippen LogP contribution in [0.1, 0.15) is 48.7 Å². The lowest BCUT2D eigenvalue weighted by atomic mass is 9.92. The van der Waals surface area contributed by atoms with Crippen LogP contribution in [-0.4, -0.2) is 60.3 Å². The molecule has 1 saturated heterocycles. The Morgan fingerprint density at radius 2 is 1.97 bits per heavy atom. The lowest BCUT2D eigenvalue weighted by molar-refractivity contribution is -0.153. The number of nitrogens with zero attached hydrogens (tertiary/aromatic N) is 4. The van der Waals surface area contributed by atoms with Crippen molar-refractivity contribution in [1.82, 2.24) is 19.7 Å². The SMILES string of the molecule is C[C@@H](CC(=O)[C@H](O)[C@@H](O)C(=O)N1CCCC1c1nccs1)c1ccc(-n2cccn2)cc1. The van der Waals surface area contributed by atoms with E-state index in [4.69, 9.17) is 0 Å². The molecule has 4 atom stereocenters. The lowest BCUT2D eigenvalue weighted by Crippen LogP contribution is -2.47. The van der Waals surface area contributed by atoms with Gasteiger partial charge in [0.05, 0.1) is 11.7 Å². The molecule has 2 aromatic heterocycles. The van der Waals surface area contributed by atoms with Gasteiger partial charge in [-0.2, -0.15) is 5.10 Å². The number of aromatic nitrogens is 3. The van der Waals surface area contributed by atoms with E-state index in [2.05, 4.69) is 10.1 Å². The number of hydrogen-bond donors (Lipinski definition) is 2. The summed E-state index contributed by atoms with van der Waals surface area (Å²) in [6, 6.07) is 9.25. The Hall–Kier alpha value is -2.88. The number of amides is 1. The van der Waals surface area contributed by atoms with E-state index in [1.807, 2.05) is 48.8 Å². The van der Waals surface area contributed by atoms with E-state index in [9.17, 15) is 19.8 Å². The summed E-state index contributed by atoms with van der Waals surface area (Å²) < 4.78 is 1.74. The molecule has 9 heteroatoms. The maximum absolute atomic E-state index is 12.8. The first-order valence-corrected chi connectivity index (χ1v) is 11.5. The summed E-state index contributed by atoms with van der Waals surface area (Å²) in [5, 5.41) is 27.7. The van der Waals surface area contributed by atoms with Gasteiger partial charge in [0, 0.05) is 36.9 Å². The Balaban J connectivity index is 1.36. The minimum Gasteiger partial charge on any atom is -0.382 e. The van der Waals surface area contributed by atoms with E-state index in [-0.39, 0.29) is 18.4 Å². The minimum absolute atomic E-state index is 0.0164. The molecule has 168 valence electrons. The summed E-state index contributed by atoms with van der Waals surface area (Å²) in [4.78, 5) is 31.3. The van der Waals surface area contributed by atoms with Crippen molar-refractivity contribution in [2.45, 2.75) is 50.4 Å². The van der Waals surface area contributed by atoms with Crippen LogP contribution in [0.5, 0.6) is 0 Å². The number of benzene rings is 1. The normalized spacial score (nSPS) is 19.0. The van der Waals surface area contributed by atoms with Crippen molar-refractivity contribution in [1.29, 1.82) is 0 Å². The number of carbonyl (C=O) groups excluding carboxylic acids is 2. The number of likely N-dealkylation sites (tertiary alicyclic amines) is 1. The minimum atomic E-state index is -1.78. The Morgan fingerprint density at radius 3 is 2.62 bits per heavy atom. The van der Waals surface area contributed by atoms with Crippen molar-refractivity contribution in [3.8, 4) is 5.69 Å². The van der Waals surface area contributed by atoms with Crippen molar-refractivity contribution in [3.63, 3.8) is 0 Å². The van der Waals surface area contributed by atoms with Crippen LogP contribution in [0.25, 0.3) is 5.69 Å². The molecule has 8 nitrogen and oxygen atoms in total. The van der Waals surface area contributed by atoms with Gasteiger partial charge in [-0.3, -0.25) is 9.59 Å². The third-order valence-corrected chi connectivity index (χ3v) is 6.77. The van der Waals surface area contributed by atoms with Crippen LogP contribution < -0.4 is 0 Å². The fourth-order valence-electron chi connectivity index (χ4n) is 4.08. The lowest BCUT2D eigenvalue weighted by Gasteiger charge is -2.27. The maximum Gasteiger partial charge on any atom is 0.255 e. The number of hydrogen-bond acceptors (Lipinski definition) is 7. The summed E-state index contributed by atoms with van der Waals surface area (Å²) in [6.07, 6.45) is 3.24. The number of aliphatic hydroxyl groups excluding tert-OH is 2. The highest BCUT2D eigenvalue weighted by Gasteiger charge is 2.39. The number of carbonyl (C=O) groups is 2. The number of ketones is 1. The van der Waals surface area contributed by atoms with Crippen LogP contribution in [-0.2, 0) is 9.59 Å². The second-order valence-electron chi connectivity index (χ2n) is 8.06. The molecule has 1 unspecified atom stereocenters. The van der Waals surface area contributed by atoms with Gasteiger partial charge in [-0.05, 0) is 42.5 Å². The van der Waals surface area contributed by atoms with E-state index in [1.54, 1.807) is 17.1 Å². The molecule has 1 fully saturated rings. The highest BCUT2D eigenvalue weighted by molar-refractivity contribution is 7.09. The van der Waals surface area contributed by atoms with Crippen LogP contribution >= 0.6 is 11.3 Å². The molecular weight excluding hydrogens is 428 g/mol. The second-order valence-corrected chi connectivity index (χ2v) is 8.99. The predicted octanol–water partition coefficient (Wildman–Crippen LogP) is 2.48. The highest BCUT2D eigenvalue weighted by Crippen LogP contribution is 2.33. The molecule has 32 heavy (non-hydrogen) atoms. The fraction of sp³-hybridized carbons (Fsp3) is 0.391. The molecule has 1 aliphatic rings. The van der Waals surface area contributed by atoms with E-state index in [0.29, 0.717) is 6.54 Å². The molecule has 0 saturated carbocycles. The second kappa shape index (κ2) is 9.72. The fourth-order valence-corrected chi connectivity index (χ4v) is 4.87. The summed E-state index contributed by atoms with van der Waals surface area (Å²) in [5.74, 6) is -1.36. The van der Waals surface area contributed by atoms with Gasteiger partial charge in [0.15, 0.2) is 11.9 Å². The first-order chi connectivity index (χ1) is 15.5. The van der Waals surface area contributed by atoms with Gasteiger partial charge in [0.1, 0.15) is 11.1 Å². The van der Waals surface area contributed by atoms with Crippen LogP contribution in [0.3, 0.4) is 0 Å². The van der Waals surface area contributed by atoms with Crippen LogP contribution in [0, 0.1) is 0 Å². The maximum atomic E-state index is 12.8. The molecule has 3 aromatic rings. The Labute approximate surface area is 190 Å². The van der Waals surface area contributed by atoms with Crippen molar-refractivity contribution in [3.05, 3.63) is 64.9 Å². The van der Waals surface area contributed by atoms with E-state index < -0.39 is 23.9 Å². The van der Waals surface area contributed by atoms with Crippen LogP contribution in [0.4, 0.5) is 0 Å². The topological polar surface area (TPSA) is 109 Å². The number of Topliss-reactive ketones (excluding diaryl/α,β-unsaturated/α-hetero) is 1. The van der Waals surface area contributed by atoms with Gasteiger partial charge in [0.2, 0.25) is 0 Å². The third-order valence-electron chi connectivity index (χ3n) is 5.89. The summed E-state index contributed by atoms with van der Waals surface area (Å²) >= 11 is 1.45. The number of rotatable bonds is 8. The average Bonchev–Trinajstić information content (AvgIpc) is 3.58. The van der Waals surface area contributed by atoms with Gasteiger partial charge in [-0.15, -0.1) is 11.3 Å². The molecule has 0 bridgehead atoms. The molecule has 0 spiro atoms. The third kappa shape index (κ3) is 4.64. The van der Waals surface area contributed by atoms with E-state index in [0.717, 1.165) is 29.1 Å². The van der Waals surface area contributed by atoms with Crippen LogP contribution in [0.2, 0.25) is 0 Å². The number of thiazole rings is 1. The first kappa shape index (κ1) is 22.3. The van der Waals surface area contributed by atoms with E-state index in [1.165, 1.54) is 16.2 Å². The van der Waals surface area contributed by atoms with Gasteiger partial charge in [0.25, 0.3) is 5.91 Å². The molecular formula is C23H26N4O4S.